The molecule has 1 N–H and O–H groups in total. The first-order valence-corrected chi connectivity index (χ1v) is 4.97. The van der Waals surface area contributed by atoms with Gasteiger partial charge < -0.3 is 15.4 Å². The molecule has 0 spiro atoms. The normalized spacial score (nSPS) is 11.4. The fourth-order valence-corrected chi connectivity index (χ4v) is 1.35. The molecule has 1 rings (SSSR count). The number of carbonyl (C=O) groups excluding carboxylic acids is 1. The monoisotopic (exact) mass is 283 g/mol. The largest absolute Gasteiger partial charge is 0.405 e. The SMILES string of the molecule is O=C(Cn1c(CF)ccc1[N+](=O)[O-])NCC(F)(F)F. The van der Waals surface area contributed by atoms with Crippen molar-refractivity contribution in [1.82, 2.24) is 9.88 Å². The number of amides is 1. The molecule has 19 heavy (non-hydrogen) atoms. The number of hydrogen-bond donors (Lipinski definition) is 1. The Morgan fingerprint density at radius 2 is 2.05 bits per heavy atom. The molecule has 0 radical (unpaired) electrons. The maximum absolute atomic E-state index is 12.5. The molecule has 0 saturated heterocycles. The Morgan fingerprint density at radius 3 is 2.53 bits per heavy atom. The molecule has 106 valence electrons. The second-order valence-corrected chi connectivity index (χ2v) is 3.55. The van der Waals surface area contributed by atoms with E-state index >= 15 is 0 Å². The first-order valence-electron chi connectivity index (χ1n) is 4.97. The Bertz CT molecular complexity index is 484. The second-order valence-electron chi connectivity index (χ2n) is 3.55. The van der Waals surface area contributed by atoms with E-state index in [2.05, 4.69) is 0 Å². The van der Waals surface area contributed by atoms with E-state index in [1.54, 1.807) is 5.32 Å². The summed E-state index contributed by atoms with van der Waals surface area (Å²) < 4.78 is 48.8. The van der Waals surface area contributed by atoms with Gasteiger partial charge in [-0.3, -0.25) is 4.79 Å². The van der Waals surface area contributed by atoms with Gasteiger partial charge in [-0.2, -0.15) is 13.2 Å². The van der Waals surface area contributed by atoms with Crippen molar-refractivity contribution in [2.45, 2.75) is 19.4 Å². The van der Waals surface area contributed by atoms with Gasteiger partial charge in [0.15, 0.2) is 13.2 Å². The van der Waals surface area contributed by atoms with Crippen LogP contribution in [0.5, 0.6) is 0 Å². The van der Waals surface area contributed by atoms with Gasteiger partial charge in [0, 0.05) is 6.07 Å². The molecule has 0 saturated carbocycles. The summed E-state index contributed by atoms with van der Waals surface area (Å²) in [5.74, 6) is -1.65. The van der Waals surface area contributed by atoms with Crippen LogP contribution in [0.2, 0.25) is 0 Å². The molecule has 0 aliphatic rings. The minimum absolute atomic E-state index is 0.158. The standard InChI is InChI=1S/C9H9F4N3O3/c10-3-6-1-2-8(16(18)19)15(6)4-7(17)14-5-9(11,12)13/h1-2H,3-5H2,(H,14,17). The predicted octanol–water partition coefficient (Wildman–Crippen LogP) is 1.54. The number of alkyl halides is 4. The summed E-state index contributed by atoms with van der Waals surface area (Å²) in [7, 11) is 0. The van der Waals surface area contributed by atoms with Crippen molar-refractivity contribution in [3.8, 4) is 0 Å². The maximum atomic E-state index is 12.5. The van der Waals surface area contributed by atoms with E-state index in [0.717, 1.165) is 12.1 Å². The van der Waals surface area contributed by atoms with Gasteiger partial charge in [0.25, 0.3) is 5.91 Å². The van der Waals surface area contributed by atoms with Crippen molar-refractivity contribution >= 4 is 11.7 Å². The topological polar surface area (TPSA) is 77.2 Å². The average molecular weight is 283 g/mol. The zero-order valence-corrected chi connectivity index (χ0v) is 9.41. The first-order chi connectivity index (χ1) is 8.74. The van der Waals surface area contributed by atoms with Crippen LogP contribution in [0, 0.1) is 10.1 Å². The van der Waals surface area contributed by atoms with Crippen molar-refractivity contribution in [2.75, 3.05) is 6.54 Å². The smallest absolute Gasteiger partial charge is 0.358 e. The second kappa shape index (κ2) is 5.67. The summed E-state index contributed by atoms with van der Waals surface area (Å²) in [6.45, 7) is -3.37. The summed E-state index contributed by atoms with van der Waals surface area (Å²) in [5.41, 5.74) is -0.158. The summed E-state index contributed by atoms with van der Waals surface area (Å²) in [5, 5.41) is 12.1. The molecule has 1 heterocycles. The van der Waals surface area contributed by atoms with Crippen molar-refractivity contribution in [3.63, 3.8) is 0 Å². The zero-order chi connectivity index (χ0) is 14.6. The number of nitrogens with one attached hydrogen (secondary N) is 1. The summed E-state index contributed by atoms with van der Waals surface area (Å²) in [6, 6.07) is 2.07. The fraction of sp³-hybridized carbons (Fsp3) is 0.444. The van der Waals surface area contributed by atoms with Crippen LogP contribution in [0.3, 0.4) is 0 Å². The van der Waals surface area contributed by atoms with Crippen molar-refractivity contribution in [2.24, 2.45) is 0 Å². The highest BCUT2D eigenvalue weighted by Crippen LogP contribution is 2.18. The van der Waals surface area contributed by atoms with Gasteiger partial charge in [-0.15, -0.1) is 0 Å². The molecule has 0 aliphatic carbocycles. The number of carbonyl (C=O) groups is 1. The minimum atomic E-state index is -4.58. The first kappa shape index (κ1) is 14.9. The molecular formula is C9H9F4N3O3. The Morgan fingerprint density at radius 1 is 1.42 bits per heavy atom. The zero-order valence-electron chi connectivity index (χ0n) is 9.41. The van der Waals surface area contributed by atoms with E-state index < -0.39 is 42.6 Å². The van der Waals surface area contributed by atoms with Crippen molar-refractivity contribution in [3.05, 3.63) is 27.9 Å². The molecule has 1 aromatic heterocycles. The molecule has 0 unspecified atom stereocenters. The van der Waals surface area contributed by atoms with E-state index in [-0.39, 0.29) is 5.69 Å². The fourth-order valence-electron chi connectivity index (χ4n) is 1.35. The van der Waals surface area contributed by atoms with E-state index in [0.29, 0.717) is 4.57 Å². The van der Waals surface area contributed by atoms with Crippen LogP contribution in [-0.4, -0.2) is 28.1 Å². The minimum Gasteiger partial charge on any atom is -0.358 e. The van der Waals surface area contributed by atoms with Crippen LogP contribution in [0.4, 0.5) is 23.4 Å². The van der Waals surface area contributed by atoms with E-state index in [9.17, 15) is 32.5 Å². The van der Waals surface area contributed by atoms with Crippen LogP contribution >= 0.6 is 0 Å². The van der Waals surface area contributed by atoms with Crippen molar-refractivity contribution in [1.29, 1.82) is 0 Å². The average Bonchev–Trinajstić information content (AvgIpc) is 2.68. The number of nitrogens with zero attached hydrogens (tertiary/aromatic N) is 2. The lowest BCUT2D eigenvalue weighted by molar-refractivity contribution is -0.392. The van der Waals surface area contributed by atoms with Crippen LogP contribution in [0.1, 0.15) is 5.69 Å². The highest BCUT2D eigenvalue weighted by Gasteiger charge is 2.29. The van der Waals surface area contributed by atoms with E-state index in [1.807, 2.05) is 0 Å². The van der Waals surface area contributed by atoms with Gasteiger partial charge in [0.1, 0.15) is 12.2 Å². The lowest BCUT2D eigenvalue weighted by Crippen LogP contribution is -2.36. The Hall–Kier alpha value is -2.13. The van der Waals surface area contributed by atoms with Crippen LogP contribution in [0.25, 0.3) is 0 Å². The van der Waals surface area contributed by atoms with Gasteiger partial charge in [-0.25, -0.2) is 8.96 Å². The van der Waals surface area contributed by atoms with Crippen LogP contribution in [-0.2, 0) is 18.0 Å². The Labute approximate surface area is 104 Å². The highest BCUT2D eigenvalue weighted by molar-refractivity contribution is 5.76. The van der Waals surface area contributed by atoms with Gasteiger partial charge in [0.2, 0.25) is 0 Å². The quantitative estimate of drug-likeness (QED) is 0.506. The third-order valence-electron chi connectivity index (χ3n) is 2.16. The molecule has 1 amide bonds. The molecule has 0 fully saturated rings. The molecule has 0 aromatic carbocycles. The maximum Gasteiger partial charge on any atom is 0.405 e. The molecule has 0 aliphatic heterocycles. The highest BCUT2D eigenvalue weighted by atomic mass is 19.4. The predicted molar refractivity (Wildman–Crippen MR) is 55.0 cm³/mol. The lowest BCUT2D eigenvalue weighted by atomic mass is 10.4. The number of nitro groups is 1. The van der Waals surface area contributed by atoms with Crippen molar-refractivity contribution < 1.29 is 27.3 Å². The van der Waals surface area contributed by atoms with Crippen LogP contribution in [0.15, 0.2) is 12.1 Å². The van der Waals surface area contributed by atoms with Gasteiger partial charge in [-0.05, 0) is 11.0 Å². The summed E-state index contributed by atoms with van der Waals surface area (Å²) >= 11 is 0. The third kappa shape index (κ3) is 4.23. The lowest BCUT2D eigenvalue weighted by Gasteiger charge is -2.08. The third-order valence-corrected chi connectivity index (χ3v) is 2.16. The number of rotatable bonds is 5. The van der Waals surface area contributed by atoms with Gasteiger partial charge in [0.05, 0.1) is 0 Å². The molecule has 6 nitrogen and oxygen atoms in total. The van der Waals surface area contributed by atoms with Gasteiger partial charge >= 0.3 is 12.0 Å². The number of halogens is 4. The Kier molecular flexibility index (Phi) is 4.46. The van der Waals surface area contributed by atoms with E-state index in [4.69, 9.17) is 0 Å². The number of aromatic nitrogens is 1. The summed E-state index contributed by atoms with van der Waals surface area (Å²) in [4.78, 5) is 21.0. The molecule has 0 bridgehead atoms. The Balaban J connectivity index is 2.78. The summed E-state index contributed by atoms with van der Waals surface area (Å²) in [6.07, 6.45) is -4.58. The van der Waals surface area contributed by atoms with Gasteiger partial charge in [-0.1, -0.05) is 0 Å². The molecule has 10 heteroatoms. The number of hydrogen-bond acceptors (Lipinski definition) is 3. The van der Waals surface area contributed by atoms with E-state index in [1.165, 1.54) is 0 Å². The molecule has 0 atom stereocenters. The molecular weight excluding hydrogens is 274 g/mol. The molecule has 1 aromatic rings. The van der Waals surface area contributed by atoms with Crippen LogP contribution < -0.4 is 5.32 Å².